The highest BCUT2D eigenvalue weighted by Crippen LogP contribution is 2.24. The van der Waals surface area contributed by atoms with E-state index in [4.69, 9.17) is 16.3 Å². The van der Waals surface area contributed by atoms with E-state index < -0.39 is 5.82 Å². The lowest BCUT2D eigenvalue weighted by atomic mass is 10.3. The van der Waals surface area contributed by atoms with Crippen LogP contribution in [0.5, 0.6) is 5.75 Å². The summed E-state index contributed by atoms with van der Waals surface area (Å²) in [5.41, 5.74) is 0. The molecule has 0 aliphatic heterocycles. The molecule has 0 bridgehead atoms. The van der Waals surface area contributed by atoms with Gasteiger partial charge in [-0.25, -0.2) is 4.39 Å². The maximum Gasteiger partial charge on any atom is 0.305 e. The zero-order chi connectivity index (χ0) is 12.0. The first-order valence-electron chi connectivity index (χ1n) is 4.78. The van der Waals surface area contributed by atoms with Crippen LogP contribution >= 0.6 is 11.6 Å². The zero-order valence-corrected chi connectivity index (χ0v) is 9.59. The van der Waals surface area contributed by atoms with Crippen molar-refractivity contribution in [1.82, 2.24) is 0 Å². The van der Waals surface area contributed by atoms with Crippen LogP contribution < -0.4 is 4.74 Å². The van der Waals surface area contributed by atoms with Gasteiger partial charge in [0.1, 0.15) is 11.6 Å². The summed E-state index contributed by atoms with van der Waals surface area (Å²) < 4.78 is 22.4. The molecular weight excluding hydrogens is 235 g/mol. The van der Waals surface area contributed by atoms with Gasteiger partial charge in [0.2, 0.25) is 0 Å². The van der Waals surface area contributed by atoms with Gasteiger partial charge in [-0.2, -0.15) is 0 Å². The van der Waals surface area contributed by atoms with Gasteiger partial charge >= 0.3 is 5.97 Å². The van der Waals surface area contributed by atoms with E-state index in [1.807, 2.05) is 0 Å². The highest BCUT2D eigenvalue weighted by molar-refractivity contribution is 6.32. The van der Waals surface area contributed by atoms with Crippen molar-refractivity contribution >= 4 is 17.6 Å². The average Bonchev–Trinajstić information content (AvgIpc) is 2.26. The Hall–Kier alpha value is -1.29. The molecule has 0 aliphatic carbocycles. The minimum atomic E-state index is -0.410. The first-order chi connectivity index (χ1) is 7.63. The SMILES string of the molecule is COC(=O)CCCOc1ccc(F)cc1Cl. The Balaban J connectivity index is 2.35. The number of halogens is 2. The Morgan fingerprint density at radius 1 is 1.50 bits per heavy atom. The van der Waals surface area contributed by atoms with Gasteiger partial charge in [0, 0.05) is 6.42 Å². The van der Waals surface area contributed by atoms with Crippen LogP contribution in [0.3, 0.4) is 0 Å². The third-order valence-electron chi connectivity index (χ3n) is 1.90. The Kier molecular flexibility index (Phi) is 5.05. The topological polar surface area (TPSA) is 35.5 Å². The first-order valence-corrected chi connectivity index (χ1v) is 5.16. The molecular formula is C11H12ClFO3. The van der Waals surface area contributed by atoms with E-state index in [9.17, 15) is 9.18 Å². The Labute approximate surface area is 98.1 Å². The zero-order valence-electron chi connectivity index (χ0n) is 8.83. The molecule has 0 aliphatic rings. The fraction of sp³-hybridized carbons (Fsp3) is 0.364. The lowest BCUT2D eigenvalue weighted by molar-refractivity contribution is -0.140. The van der Waals surface area contributed by atoms with Crippen LogP contribution in [0.15, 0.2) is 18.2 Å². The summed E-state index contributed by atoms with van der Waals surface area (Å²) in [5, 5.41) is 0.220. The predicted octanol–water partition coefficient (Wildman–Crippen LogP) is 2.81. The number of benzene rings is 1. The van der Waals surface area contributed by atoms with Crippen molar-refractivity contribution in [3.63, 3.8) is 0 Å². The summed E-state index contributed by atoms with van der Waals surface area (Å²) in [6.45, 7) is 0.334. The molecule has 0 amide bonds. The first kappa shape index (κ1) is 12.8. The average molecular weight is 247 g/mol. The largest absolute Gasteiger partial charge is 0.492 e. The number of hydrogen-bond donors (Lipinski definition) is 0. The van der Waals surface area contributed by atoms with Gasteiger partial charge in [0.05, 0.1) is 18.7 Å². The fourth-order valence-corrected chi connectivity index (χ4v) is 1.31. The van der Waals surface area contributed by atoms with Gasteiger partial charge in [0.25, 0.3) is 0 Å². The van der Waals surface area contributed by atoms with Crippen molar-refractivity contribution in [3.05, 3.63) is 29.0 Å². The lowest BCUT2D eigenvalue weighted by Crippen LogP contribution is -2.04. The monoisotopic (exact) mass is 246 g/mol. The van der Waals surface area contributed by atoms with E-state index >= 15 is 0 Å². The van der Waals surface area contributed by atoms with Gasteiger partial charge in [-0.3, -0.25) is 4.79 Å². The van der Waals surface area contributed by atoms with Gasteiger partial charge in [-0.1, -0.05) is 11.6 Å². The van der Waals surface area contributed by atoms with Gasteiger partial charge in [-0.15, -0.1) is 0 Å². The van der Waals surface area contributed by atoms with Crippen LogP contribution in [0.2, 0.25) is 5.02 Å². The van der Waals surface area contributed by atoms with Crippen LogP contribution in [0.1, 0.15) is 12.8 Å². The Morgan fingerprint density at radius 3 is 2.88 bits per heavy atom. The van der Waals surface area contributed by atoms with E-state index in [1.54, 1.807) is 0 Å². The van der Waals surface area contributed by atoms with E-state index in [-0.39, 0.29) is 17.4 Å². The quantitative estimate of drug-likeness (QED) is 0.592. The second kappa shape index (κ2) is 6.33. The molecule has 88 valence electrons. The Bertz CT molecular complexity index is 368. The van der Waals surface area contributed by atoms with Crippen LogP contribution in [0.4, 0.5) is 4.39 Å². The van der Waals surface area contributed by atoms with E-state index in [2.05, 4.69) is 4.74 Å². The molecule has 3 nitrogen and oxygen atoms in total. The molecule has 1 aromatic rings. The second-order valence-corrected chi connectivity index (χ2v) is 3.51. The molecule has 0 aromatic heterocycles. The number of methoxy groups -OCH3 is 1. The van der Waals surface area contributed by atoms with Crippen molar-refractivity contribution in [3.8, 4) is 5.75 Å². The minimum Gasteiger partial charge on any atom is -0.492 e. The van der Waals surface area contributed by atoms with Gasteiger partial charge in [0.15, 0.2) is 0 Å². The molecule has 1 aromatic carbocycles. The number of ether oxygens (including phenoxy) is 2. The van der Waals surface area contributed by atoms with Crippen molar-refractivity contribution in [2.45, 2.75) is 12.8 Å². The molecule has 0 unspecified atom stereocenters. The number of rotatable bonds is 5. The molecule has 5 heteroatoms. The maximum atomic E-state index is 12.7. The molecule has 0 fully saturated rings. The highest BCUT2D eigenvalue weighted by Gasteiger charge is 2.04. The van der Waals surface area contributed by atoms with E-state index in [0.29, 0.717) is 18.8 Å². The van der Waals surface area contributed by atoms with Crippen LogP contribution in [-0.2, 0) is 9.53 Å². The molecule has 16 heavy (non-hydrogen) atoms. The maximum absolute atomic E-state index is 12.7. The van der Waals surface area contributed by atoms with Gasteiger partial charge in [-0.05, 0) is 24.6 Å². The lowest BCUT2D eigenvalue weighted by Gasteiger charge is -2.07. The van der Waals surface area contributed by atoms with Gasteiger partial charge < -0.3 is 9.47 Å². The van der Waals surface area contributed by atoms with E-state index in [0.717, 1.165) is 0 Å². The molecule has 0 atom stereocenters. The molecule has 1 rings (SSSR count). The van der Waals surface area contributed by atoms with Crippen molar-refractivity contribution < 1.29 is 18.7 Å². The number of esters is 1. The third-order valence-corrected chi connectivity index (χ3v) is 2.20. The molecule has 0 heterocycles. The molecule has 0 radical (unpaired) electrons. The standard InChI is InChI=1S/C11H12ClFO3/c1-15-11(14)3-2-6-16-10-5-4-8(13)7-9(10)12/h4-5,7H,2-3,6H2,1H3. The molecule has 0 spiro atoms. The summed E-state index contributed by atoms with van der Waals surface area (Å²) >= 11 is 5.74. The number of carbonyl (C=O) groups is 1. The normalized spacial score (nSPS) is 9.94. The second-order valence-electron chi connectivity index (χ2n) is 3.10. The summed E-state index contributed by atoms with van der Waals surface area (Å²) in [5.74, 6) is -0.284. The molecule has 0 saturated carbocycles. The fourth-order valence-electron chi connectivity index (χ4n) is 1.09. The molecule has 0 saturated heterocycles. The third kappa shape index (κ3) is 4.06. The highest BCUT2D eigenvalue weighted by atomic mass is 35.5. The molecule has 0 N–H and O–H groups in total. The smallest absolute Gasteiger partial charge is 0.305 e. The van der Waals surface area contributed by atoms with Crippen molar-refractivity contribution in [1.29, 1.82) is 0 Å². The summed E-state index contributed by atoms with van der Waals surface area (Å²) in [6.07, 6.45) is 0.815. The van der Waals surface area contributed by atoms with Crippen LogP contribution in [-0.4, -0.2) is 19.7 Å². The van der Waals surface area contributed by atoms with E-state index in [1.165, 1.54) is 25.3 Å². The Morgan fingerprint density at radius 2 is 2.25 bits per heavy atom. The number of hydrogen-bond acceptors (Lipinski definition) is 3. The summed E-state index contributed by atoms with van der Waals surface area (Å²) in [7, 11) is 1.33. The predicted molar refractivity (Wildman–Crippen MR) is 58.2 cm³/mol. The van der Waals surface area contributed by atoms with Crippen LogP contribution in [0.25, 0.3) is 0 Å². The van der Waals surface area contributed by atoms with Crippen LogP contribution in [0, 0.1) is 5.82 Å². The summed E-state index contributed by atoms with van der Waals surface area (Å²) in [6, 6.07) is 3.90. The summed E-state index contributed by atoms with van der Waals surface area (Å²) in [4.78, 5) is 10.8. The van der Waals surface area contributed by atoms with Crippen molar-refractivity contribution in [2.24, 2.45) is 0 Å². The number of carbonyl (C=O) groups excluding carboxylic acids is 1. The van der Waals surface area contributed by atoms with Crippen molar-refractivity contribution in [2.75, 3.05) is 13.7 Å². The minimum absolute atomic E-state index is 0.220.